The third-order valence-electron chi connectivity index (χ3n) is 4.34. The van der Waals surface area contributed by atoms with Gasteiger partial charge < -0.3 is 20.1 Å². The Hall–Kier alpha value is -2.75. The minimum Gasteiger partial charge on any atom is -0.489 e. The second-order valence-corrected chi connectivity index (χ2v) is 7.63. The van der Waals surface area contributed by atoms with Crippen LogP contribution >= 0.6 is 27.5 Å². The maximum atomic E-state index is 13.4. The molecule has 0 fully saturated rings. The number of benzene rings is 2. The number of nitrogens with zero attached hydrogens (tertiary/aromatic N) is 2. The Labute approximate surface area is 198 Å². The number of hydrogen-bond donors (Lipinski definition) is 2. The topological polar surface area (TPSA) is 85.4 Å². The van der Waals surface area contributed by atoms with Crippen LogP contribution in [-0.4, -0.2) is 41.5 Å². The molecule has 0 saturated heterocycles. The van der Waals surface area contributed by atoms with Crippen LogP contribution in [-0.2, 0) is 16.1 Å². The molecule has 3 aromatic rings. The number of nitrogens with one attached hydrogen (secondary N) is 2. The number of carbonyl (C=O) groups excluding carboxylic acids is 1. The van der Waals surface area contributed by atoms with Crippen molar-refractivity contribution in [1.29, 1.82) is 0 Å². The molecule has 0 aliphatic carbocycles. The second-order valence-electron chi connectivity index (χ2n) is 6.58. The summed E-state index contributed by atoms with van der Waals surface area (Å²) in [6, 6.07) is 7.99. The van der Waals surface area contributed by atoms with Crippen LogP contribution in [0.5, 0.6) is 5.75 Å². The highest BCUT2D eigenvalue weighted by Gasteiger charge is 2.13. The fourth-order valence-electron chi connectivity index (χ4n) is 2.84. The average Bonchev–Trinajstić information content (AvgIpc) is 2.79. The summed E-state index contributed by atoms with van der Waals surface area (Å²) in [5.41, 5.74) is 1.89. The highest BCUT2D eigenvalue weighted by Crippen LogP contribution is 2.32. The molecule has 0 unspecified atom stereocenters. The van der Waals surface area contributed by atoms with Crippen LogP contribution < -0.4 is 15.4 Å². The summed E-state index contributed by atoms with van der Waals surface area (Å²) in [5.74, 6) is 0.237. The molecule has 7 nitrogen and oxygen atoms in total. The maximum Gasteiger partial charge on any atom is 0.248 e. The Kier molecular flexibility index (Phi) is 8.78. The van der Waals surface area contributed by atoms with E-state index in [0.717, 1.165) is 5.56 Å². The van der Waals surface area contributed by atoms with Gasteiger partial charge in [-0.1, -0.05) is 39.7 Å². The molecule has 2 N–H and O–H groups in total. The number of ether oxygens (including phenoxy) is 2. The predicted molar refractivity (Wildman–Crippen MR) is 127 cm³/mol. The van der Waals surface area contributed by atoms with Gasteiger partial charge in [0.05, 0.1) is 22.8 Å². The van der Waals surface area contributed by atoms with Crippen molar-refractivity contribution in [1.82, 2.24) is 9.97 Å². The fourth-order valence-corrected chi connectivity index (χ4v) is 3.23. The first-order valence-electron chi connectivity index (χ1n) is 9.63. The van der Waals surface area contributed by atoms with E-state index in [1.54, 1.807) is 37.5 Å². The van der Waals surface area contributed by atoms with Gasteiger partial charge in [0.25, 0.3) is 0 Å². The number of alkyl halides is 1. The molecular weight excluding hydrogens is 503 g/mol. The van der Waals surface area contributed by atoms with E-state index in [9.17, 15) is 9.18 Å². The van der Waals surface area contributed by atoms with Crippen molar-refractivity contribution in [3.05, 3.63) is 65.2 Å². The van der Waals surface area contributed by atoms with E-state index >= 15 is 0 Å². The van der Waals surface area contributed by atoms with Crippen LogP contribution in [0.3, 0.4) is 0 Å². The van der Waals surface area contributed by atoms with Crippen LogP contribution in [0.15, 0.2) is 48.8 Å². The monoisotopic (exact) mass is 522 g/mol. The lowest BCUT2D eigenvalue weighted by Gasteiger charge is -2.15. The Morgan fingerprint density at radius 1 is 1.25 bits per heavy atom. The molecule has 0 atom stereocenters. The first kappa shape index (κ1) is 23.9. The largest absolute Gasteiger partial charge is 0.489 e. The van der Waals surface area contributed by atoms with E-state index in [2.05, 4.69) is 36.5 Å². The Morgan fingerprint density at radius 2 is 2.09 bits per heavy atom. The zero-order valence-corrected chi connectivity index (χ0v) is 19.5. The summed E-state index contributed by atoms with van der Waals surface area (Å²) in [4.78, 5) is 20.9. The van der Waals surface area contributed by atoms with E-state index in [1.807, 2.05) is 0 Å². The number of halogens is 3. The molecule has 0 aliphatic rings. The number of anilines is 2. The van der Waals surface area contributed by atoms with E-state index in [0.29, 0.717) is 53.2 Å². The molecular formula is C22H21BrClFN4O3. The maximum absolute atomic E-state index is 13.4. The lowest BCUT2D eigenvalue weighted by atomic mass is 10.1. The van der Waals surface area contributed by atoms with Gasteiger partial charge in [-0.2, -0.15) is 0 Å². The van der Waals surface area contributed by atoms with Gasteiger partial charge in [-0.25, -0.2) is 14.4 Å². The number of fused-ring (bicyclic) bond motifs is 1. The van der Waals surface area contributed by atoms with Crippen molar-refractivity contribution in [2.24, 2.45) is 0 Å². The quantitative estimate of drug-likeness (QED) is 0.222. The number of carbonyl (C=O) groups is 1. The van der Waals surface area contributed by atoms with Crippen LogP contribution in [0.25, 0.3) is 10.9 Å². The number of amides is 1. The predicted octanol–water partition coefficient (Wildman–Crippen LogP) is 4.95. The molecule has 32 heavy (non-hydrogen) atoms. The van der Waals surface area contributed by atoms with Crippen LogP contribution in [0.1, 0.15) is 5.56 Å². The fraction of sp³-hybridized carbons (Fsp3) is 0.227. The van der Waals surface area contributed by atoms with Gasteiger partial charge in [0.15, 0.2) is 0 Å². The Morgan fingerprint density at radius 3 is 2.84 bits per heavy atom. The Balaban J connectivity index is 1.91. The van der Waals surface area contributed by atoms with Crippen molar-refractivity contribution in [2.45, 2.75) is 6.54 Å². The molecule has 1 heterocycles. The Bertz CT molecular complexity index is 1130. The van der Waals surface area contributed by atoms with Gasteiger partial charge >= 0.3 is 0 Å². The molecule has 168 valence electrons. The normalized spacial score (nSPS) is 11.1. The van der Waals surface area contributed by atoms with E-state index in [4.69, 9.17) is 21.1 Å². The summed E-state index contributed by atoms with van der Waals surface area (Å²) < 4.78 is 24.2. The number of rotatable bonds is 10. The van der Waals surface area contributed by atoms with Crippen molar-refractivity contribution in [2.75, 3.05) is 36.3 Å². The van der Waals surface area contributed by atoms with Crippen molar-refractivity contribution < 1.29 is 18.7 Å². The molecule has 10 heteroatoms. The van der Waals surface area contributed by atoms with E-state index in [1.165, 1.54) is 18.5 Å². The highest BCUT2D eigenvalue weighted by atomic mass is 79.9. The van der Waals surface area contributed by atoms with Gasteiger partial charge in [-0.15, -0.1) is 0 Å². The molecule has 0 aliphatic heterocycles. The minimum atomic E-state index is -0.474. The average molecular weight is 524 g/mol. The molecule has 1 amide bonds. The van der Waals surface area contributed by atoms with Gasteiger partial charge in [0, 0.05) is 36.5 Å². The molecule has 0 bridgehead atoms. The SMILES string of the molecule is COCCOc1cc2ncnc(NCc3ccc(F)c(Cl)c3)c2cc1NC(=O)/C=C/CBr. The molecule has 0 radical (unpaired) electrons. The second kappa shape index (κ2) is 11.8. The lowest BCUT2D eigenvalue weighted by molar-refractivity contribution is -0.111. The van der Waals surface area contributed by atoms with Gasteiger partial charge in [-0.3, -0.25) is 4.79 Å². The zero-order valence-electron chi connectivity index (χ0n) is 17.2. The van der Waals surface area contributed by atoms with Crippen LogP contribution in [0.4, 0.5) is 15.9 Å². The molecule has 0 spiro atoms. The summed E-state index contributed by atoms with van der Waals surface area (Å²) in [6.45, 7) is 1.07. The standard InChI is InChI=1S/C22H21BrClFN4O3/c1-31-7-8-32-20-11-18-15(10-19(20)29-21(30)3-2-6-23)22(28-13-27-18)26-12-14-4-5-17(25)16(24)9-14/h2-5,9-11,13H,6-8,12H2,1H3,(H,29,30)(H,26,27,28)/b3-2+. The van der Waals surface area contributed by atoms with E-state index in [-0.39, 0.29) is 10.9 Å². The highest BCUT2D eigenvalue weighted by molar-refractivity contribution is 9.09. The number of hydrogen-bond acceptors (Lipinski definition) is 6. The first-order chi connectivity index (χ1) is 15.5. The minimum absolute atomic E-state index is 0.0521. The van der Waals surface area contributed by atoms with Crippen LogP contribution in [0, 0.1) is 5.82 Å². The van der Waals surface area contributed by atoms with Crippen molar-refractivity contribution in [3.63, 3.8) is 0 Å². The molecule has 3 rings (SSSR count). The van der Waals surface area contributed by atoms with Crippen molar-refractivity contribution >= 4 is 55.8 Å². The van der Waals surface area contributed by atoms with Gasteiger partial charge in [0.1, 0.15) is 30.3 Å². The summed E-state index contributed by atoms with van der Waals surface area (Å²) >= 11 is 9.11. The number of aromatic nitrogens is 2. The van der Waals surface area contributed by atoms with Crippen LogP contribution in [0.2, 0.25) is 5.02 Å². The van der Waals surface area contributed by atoms with E-state index < -0.39 is 5.82 Å². The molecule has 0 saturated carbocycles. The smallest absolute Gasteiger partial charge is 0.248 e. The van der Waals surface area contributed by atoms with Gasteiger partial charge in [0.2, 0.25) is 5.91 Å². The summed E-state index contributed by atoms with van der Waals surface area (Å²) in [7, 11) is 1.58. The third-order valence-corrected chi connectivity index (χ3v) is 5.01. The third kappa shape index (κ3) is 6.38. The zero-order chi connectivity index (χ0) is 22.9. The lowest BCUT2D eigenvalue weighted by Crippen LogP contribution is -2.12. The first-order valence-corrected chi connectivity index (χ1v) is 11.1. The number of methoxy groups -OCH3 is 1. The summed E-state index contributed by atoms with van der Waals surface area (Å²) in [6.07, 6.45) is 4.54. The molecule has 1 aromatic heterocycles. The number of allylic oxidation sites excluding steroid dienone is 1. The van der Waals surface area contributed by atoms with Gasteiger partial charge in [-0.05, 0) is 23.8 Å². The van der Waals surface area contributed by atoms with Crippen molar-refractivity contribution in [3.8, 4) is 5.75 Å². The molecule has 2 aromatic carbocycles. The summed E-state index contributed by atoms with van der Waals surface area (Å²) in [5, 5.41) is 7.33.